The molecule has 0 radical (unpaired) electrons. The molecule has 5 heteroatoms. The number of carbonyl (C=O) groups is 2. The first kappa shape index (κ1) is 44.6. The Hall–Kier alpha value is -0.814. The van der Waals surface area contributed by atoms with Crippen molar-refractivity contribution >= 4 is 35.0 Å². The van der Waals surface area contributed by atoms with E-state index in [0.717, 1.165) is 25.7 Å². The molecule has 0 amide bonds. The molecule has 41 heavy (non-hydrogen) atoms. The van der Waals surface area contributed by atoms with E-state index < -0.39 is 11.9 Å². The maximum atomic E-state index is 10.2. The summed E-state index contributed by atoms with van der Waals surface area (Å²) in [6, 6.07) is 0. The van der Waals surface area contributed by atoms with Gasteiger partial charge in [0.05, 0.1) is 0 Å². The van der Waals surface area contributed by atoms with Gasteiger partial charge in [0, 0.05) is 11.9 Å². The van der Waals surface area contributed by atoms with Crippen LogP contribution in [0.1, 0.15) is 194 Å². The summed E-state index contributed by atoms with van der Waals surface area (Å²) in [7, 11) is 0. The van der Waals surface area contributed by atoms with E-state index in [1.165, 1.54) is 141 Å². The van der Waals surface area contributed by atoms with Gasteiger partial charge in [-0.3, -0.25) is 0 Å². The van der Waals surface area contributed by atoms with Crippen LogP contribution in [0.2, 0.25) is 0 Å². The number of unbranched alkanes of at least 4 members (excludes halogenated alkanes) is 22. The SMILES string of the molecule is CCCC/C=C\CCCCCCCCCCCC(=O)[O-].CCCC/C=C\CCCCCCCCCCCC(=O)[O-].[Mg+2]. The van der Waals surface area contributed by atoms with Gasteiger partial charge >= 0.3 is 23.1 Å². The minimum absolute atomic E-state index is 0. The van der Waals surface area contributed by atoms with Crippen LogP contribution in [0.5, 0.6) is 0 Å². The molecule has 236 valence electrons. The van der Waals surface area contributed by atoms with E-state index in [1.54, 1.807) is 0 Å². The second-order valence-electron chi connectivity index (χ2n) is 11.4. The van der Waals surface area contributed by atoms with Crippen molar-refractivity contribution < 1.29 is 19.8 Å². The third kappa shape index (κ3) is 49.2. The zero-order chi connectivity index (χ0) is 29.8. The van der Waals surface area contributed by atoms with E-state index in [0.29, 0.717) is 0 Å². The summed E-state index contributed by atoms with van der Waals surface area (Å²) in [4.78, 5) is 20.4. The van der Waals surface area contributed by atoms with Gasteiger partial charge in [0.2, 0.25) is 0 Å². The first-order valence-electron chi connectivity index (χ1n) is 17.2. The minimum atomic E-state index is -0.909. The van der Waals surface area contributed by atoms with Crippen LogP contribution in [-0.2, 0) is 9.59 Å². The van der Waals surface area contributed by atoms with Crippen molar-refractivity contribution in [2.45, 2.75) is 194 Å². The molecular weight excluding hydrogens is 521 g/mol. The summed E-state index contributed by atoms with van der Waals surface area (Å²) >= 11 is 0. The molecule has 4 nitrogen and oxygen atoms in total. The summed E-state index contributed by atoms with van der Waals surface area (Å²) in [5, 5.41) is 20.4. The molecule has 0 aliphatic heterocycles. The molecule has 0 bridgehead atoms. The number of aliphatic carboxylic acids is 2. The molecule has 0 aromatic rings. The van der Waals surface area contributed by atoms with Crippen LogP contribution < -0.4 is 10.2 Å². The zero-order valence-electron chi connectivity index (χ0n) is 27.4. The van der Waals surface area contributed by atoms with Gasteiger partial charge in [0.1, 0.15) is 0 Å². The molecule has 0 spiro atoms. The summed E-state index contributed by atoms with van der Waals surface area (Å²) in [5.41, 5.74) is 0. The third-order valence-corrected chi connectivity index (χ3v) is 7.29. The third-order valence-electron chi connectivity index (χ3n) is 7.29. The quantitative estimate of drug-likeness (QED) is 0.0477. The molecular formula is C36H66MgO4. The van der Waals surface area contributed by atoms with Gasteiger partial charge in [-0.1, -0.05) is 154 Å². The average molecular weight is 587 g/mol. The average Bonchev–Trinajstić information content (AvgIpc) is 2.93. The molecule has 0 fully saturated rings. The molecule has 0 aliphatic rings. The van der Waals surface area contributed by atoms with Crippen LogP contribution in [0.3, 0.4) is 0 Å². The fourth-order valence-corrected chi connectivity index (χ4v) is 4.65. The number of rotatable bonds is 30. The van der Waals surface area contributed by atoms with Crippen LogP contribution in [0.25, 0.3) is 0 Å². The molecule has 0 aromatic heterocycles. The Morgan fingerprint density at radius 3 is 0.854 bits per heavy atom. The van der Waals surface area contributed by atoms with Gasteiger partial charge in [-0.2, -0.15) is 0 Å². The van der Waals surface area contributed by atoms with Gasteiger partial charge in [-0.05, 0) is 64.2 Å². The van der Waals surface area contributed by atoms with Gasteiger partial charge < -0.3 is 19.8 Å². The zero-order valence-corrected chi connectivity index (χ0v) is 28.9. The van der Waals surface area contributed by atoms with Crippen LogP contribution in [-0.4, -0.2) is 35.0 Å². The number of carboxylic acid groups (broad SMARTS) is 2. The number of hydrogen-bond donors (Lipinski definition) is 0. The molecule has 0 saturated heterocycles. The van der Waals surface area contributed by atoms with Crippen molar-refractivity contribution in [2.24, 2.45) is 0 Å². The minimum Gasteiger partial charge on any atom is -0.550 e. The maximum absolute atomic E-state index is 10.2. The number of hydrogen-bond acceptors (Lipinski definition) is 4. The van der Waals surface area contributed by atoms with E-state index in [1.807, 2.05) is 0 Å². The van der Waals surface area contributed by atoms with Crippen molar-refractivity contribution in [1.82, 2.24) is 0 Å². The number of allylic oxidation sites excluding steroid dienone is 4. The predicted molar refractivity (Wildman–Crippen MR) is 175 cm³/mol. The molecule has 0 rings (SSSR count). The molecule has 0 N–H and O–H groups in total. The van der Waals surface area contributed by atoms with Gasteiger partial charge in [-0.25, -0.2) is 0 Å². The Kier molecular flexibility index (Phi) is 45.0. The molecule has 0 saturated carbocycles. The molecule has 0 atom stereocenters. The summed E-state index contributed by atoms with van der Waals surface area (Å²) < 4.78 is 0. The van der Waals surface area contributed by atoms with Crippen LogP contribution in [0, 0.1) is 0 Å². The van der Waals surface area contributed by atoms with Crippen molar-refractivity contribution in [2.75, 3.05) is 0 Å². The van der Waals surface area contributed by atoms with Gasteiger partial charge in [0.15, 0.2) is 0 Å². The fourth-order valence-electron chi connectivity index (χ4n) is 4.65. The normalized spacial score (nSPS) is 11.0. The topological polar surface area (TPSA) is 80.3 Å². The first-order chi connectivity index (χ1) is 19.5. The van der Waals surface area contributed by atoms with Crippen molar-refractivity contribution in [1.29, 1.82) is 0 Å². The van der Waals surface area contributed by atoms with E-state index >= 15 is 0 Å². The first-order valence-corrected chi connectivity index (χ1v) is 17.2. The molecule has 0 unspecified atom stereocenters. The Morgan fingerprint density at radius 2 is 0.610 bits per heavy atom. The second-order valence-corrected chi connectivity index (χ2v) is 11.4. The molecule has 0 heterocycles. The van der Waals surface area contributed by atoms with Crippen LogP contribution in [0.15, 0.2) is 24.3 Å². The van der Waals surface area contributed by atoms with E-state index in [-0.39, 0.29) is 35.9 Å². The number of carbonyl (C=O) groups excluding carboxylic acids is 2. The molecule has 0 aromatic carbocycles. The summed E-state index contributed by atoms with van der Waals surface area (Å²) in [5.74, 6) is -1.82. The Morgan fingerprint density at radius 1 is 0.390 bits per heavy atom. The van der Waals surface area contributed by atoms with E-state index in [4.69, 9.17) is 0 Å². The Labute approximate surface area is 271 Å². The van der Waals surface area contributed by atoms with Crippen molar-refractivity contribution in [3.63, 3.8) is 0 Å². The van der Waals surface area contributed by atoms with Crippen LogP contribution >= 0.6 is 0 Å². The van der Waals surface area contributed by atoms with Gasteiger partial charge in [0.25, 0.3) is 0 Å². The Balaban J connectivity index is -0.000000688. The fraction of sp³-hybridized carbons (Fsp3) is 0.833. The monoisotopic (exact) mass is 586 g/mol. The smallest absolute Gasteiger partial charge is 0.550 e. The second kappa shape index (κ2) is 41.3. The largest absolute Gasteiger partial charge is 2.00 e. The van der Waals surface area contributed by atoms with Crippen LogP contribution in [0.4, 0.5) is 0 Å². The summed E-state index contributed by atoms with van der Waals surface area (Å²) in [6.45, 7) is 4.47. The molecule has 0 aliphatic carbocycles. The Bertz CT molecular complexity index is 524. The van der Waals surface area contributed by atoms with Crippen molar-refractivity contribution in [3.8, 4) is 0 Å². The van der Waals surface area contributed by atoms with E-state index in [2.05, 4.69) is 38.2 Å². The maximum Gasteiger partial charge on any atom is 2.00 e. The summed E-state index contributed by atoms with van der Waals surface area (Å²) in [6.07, 6.45) is 41.8. The number of carboxylic acids is 2. The van der Waals surface area contributed by atoms with E-state index in [9.17, 15) is 19.8 Å². The van der Waals surface area contributed by atoms with Crippen molar-refractivity contribution in [3.05, 3.63) is 24.3 Å². The van der Waals surface area contributed by atoms with Gasteiger partial charge in [-0.15, -0.1) is 0 Å². The predicted octanol–water partition coefficient (Wildman–Crippen LogP) is 9.17. The standard InChI is InChI=1S/2C18H34O2.Mg/c2*1-2-3-4-5-6-7-8-9-10-11-12-13-14-15-16-17-18(19)20;/h2*5-6H,2-4,7-17H2,1H3,(H,19,20);/q;;+2/p-2/b2*6-5-;.